The molecule has 158 valence electrons. The summed E-state index contributed by atoms with van der Waals surface area (Å²) in [5.41, 5.74) is 6.51. The van der Waals surface area contributed by atoms with E-state index in [1.807, 2.05) is 61.5 Å². The van der Waals surface area contributed by atoms with Gasteiger partial charge in [-0.25, -0.2) is 5.43 Å². The number of hydrogen-bond acceptors (Lipinski definition) is 4. The smallest absolute Gasteiger partial charge is 0.255 e. The van der Waals surface area contributed by atoms with Crippen molar-refractivity contribution in [1.82, 2.24) is 5.43 Å². The molecule has 0 bridgehead atoms. The Labute approximate surface area is 190 Å². The van der Waals surface area contributed by atoms with Gasteiger partial charge in [-0.05, 0) is 54.4 Å². The summed E-state index contributed by atoms with van der Waals surface area (Å²) >= 11 is 7.38. The van der Waals surface area contributed by atoms with Crippen LogP contribution in [0, 0.1) is 0 Å². The van der Waals surface area contributed by atoms with Gasteiger partial charge in [0.15, 0.2) is 0 Å². The van der Waals surface area contributed by atoms with E-state index in [2.05, 4.69) is 15.8 Å². The second-order valence-electron chi connectivity index (χ2n) is 6.75. The number of hydrazone groups is 1. The van der Waals surface area contributed by atoms with Crippen LogP contribution in [0.4, 0.5) is 5.69 Å². The Balaban J connectivity index is 1.46. The van der Waals surface area contributed by atoms with Crippen molar-refractivity contribution in [2.24, 2.45) is 5.10 Å². The molecule has 0 aliphatic heterocycles. The Morgan fingerprint density at radius 1 is 0.903 bits per heavy atom. The van der Waals surface area contributed by atoms with Crippen LogP contribution in [0.25, 0.3) is 0 Å². The van der Waals surface area contributed by atoms with Crippen molar-refractivity contribution in [2.45, 2.75) is 12.7 Å². The van der Waals surface area contributed by atoms with Crippen molar-refractivity contribution >= 4 is 46.6 Å². The van der Waals surface area contributed by atoms with Gasteiger partial charge in [-0.2, -0.15) is 5.10 Å². The molecule has 0 saturated heterocycles. The molecule has 7 heteroatoms. The zero-order valence-electron chi connectivity index (χ0n) is 17.0. The lowest BCUT2D eigenvalue weighted by molar-refractivity contribution is -0.118. The lowest BCUT2D eigenvalue weighted by atomic mass is 10.1. The molecule has 0 spiro atoms. The number of thioether (sulfide) groups is 1. The summed E-state index contributed by atoms with van der Waals surface area (Å²) in [5.74, 6) is 0.708. The van der Waals surface area contributed by atoms with Gasteiger partial charge in [0.2, 0.25) is 5.91 Å². The van der Waals surface area contributed by atoms with Gasteiger partial charge in [0.05, 0.1) is 11.5 Å². The minimum absolute atomic E-state index is 0.162. The first kappa shape index (κ1) is 22.6. The summed E-state index contributed by atoms with van der Waals surface area (Å²) in [6.45, 7) is 1.82. The number of halogens is 1. The van der Waals surface area contributed by atoms with Crippen LogP contribution < -0.4 is 10.7 Å². The predicted molar refractivity (Wildman–Crippen MR) is 129 cm³/mol. The van der Waals surface area contributed by atoms with Gasteiger partial charge in [0.25, 0.3) is 5.91 Å². The van der Waals surface area contributed by atoms with Crippen molar-refractivity contribution in [3.63, 3.8) is 0 Å². The molecule has 0 aliphatic carbocycles. The number of anilines is 1. The molecule has 0 aliphatic rings. The minimum atomic E-state index is -0.165. The molecule has 31 heavy (non-hydrogen) atoms. The summed E-state index contributed by atoms with van der Waals surface area (Å²) in [6.07, 6.45) is 0. The monoisotopic (exact) mass is 451 g/mol. The Morgan fingerprint density at radius 3 is 2.26 bits per heavy atom. The summed E-state index contributed by atoms with van der Waals surface area (Å²) in [4.78, 5) is 24.2. The first-order valence-corrected chi connectivity index (χ1v) is 11.2. The van der Waals surface area contributed by atoms with Crippen molar-refractivity contribution in [2.75, 3.05) is 11.1 Å². The molecule has 0 atom stereocenters. The summed E-state index contributed by atoms with van der Waals surface area (Å²) in [6, 6.07) is 23.9. The van der Waals surface area contributed by atoms with E-state index in [1.54, 1.807) is 24.3 Å². The highest BCUT2D eigenvalue weighted by Crippen LogP contribution is 2.15. The molecule has 0 aromatic heterocycles. The van der Waals surface area contributed by atoms with Crippen LogP contribution in [0.15, 0.2) is 84.0 Å². The summed E-state index contributed by atoms with van der Waals surface area (Å²) in [5, 5.41) is 7.72. The molecule has 0 radical (unpaired) electrons. The third-order valence-corrected chi connectivity index (χ3v) is 5.62. The molecule has 3 aromatic carbocycles. The van der Waals surface area contributed by atoms with E-state index in [0.717, 1.165) is 16.9 Å². The Bertz CT molecular complexity index is 1050. The minimum Gasteiger partial charge on any atom is -0.322 e. The molecular weight excluding hydrogens is 430 g/mol. The highest BCUT2D eigenvalue weighted by Gasteiger charge is 2.06. The quantitative estimate of drug-likeness (QED) is 0.357. The fourth-order valence-corrected chi connectivity index (χ4v) is 3.58. The number of amides is 2. The number of nitrogens with zero attached hydrogens (tertiary/aromatic N) is 1. The number of rotatable bonds is 8. The van der Waals surface area contributed by atoms with Crippen molar-refractivity contribution in [1.29, 1.82) is 0 Å². The molecule has 0 heterocycles. The first-order chi connectivity index (χ1) is 15.0. The van der Waals surface area contributed by atoms with Crippen LogP contribution in [0.2, 0.25) is 5.02 Å². The number of carbonyl (C=O) groups is 2. The highest BCUT2D eigenvalue weighted by atomic mass is 35.5. The van der Waals surface area contributed by atoms with Gasteiger partial charge < -0.3 is 5.32 Å². The fraction of sp³-hybridized carbons (Fsp3) is 0.125. The highest BCUT2D eigenvalue weighted by molar-refractivity contribution is 7.99. The zero-order valence-corrected chi connectivity index (χ0v) is 18.5. The number of carbonyl (C=O) groups excluding carboxylic acids is 2. The van der Waals surface area contributed by atoms with Crippen LogP contribution in [0.5, 0.6) is 0 Å². The zero-order chi connectivity index (χ0) is 22.1. The van der Waals surface area contributed by atoms with Gasteiger partial charge in [0, 0.05) is 22.0 Å². The number of hydrogen-bond donors (Lipinski definition) is 2. The van der Waals surface area contributed by atoms with E-state index in [1.165, 1.54) is 11.8 Å². The van der Waals surface area contributed by atoms with E-state index in [-0.39, 0.29) is 11.8 Å². The molecular formula is C24H22ClN3O2S. The van der Waals surface area contributed by atoms with Gasteiger partial charge >= 0.3 is 0 Å². The van der Waals surface area contributed by atoms with Crippen LogP contribution in [-0.4, -0.2) is 23.3 Å². The average Bonchev–Trinajstić information content (AvgIpc) is 2.80. The van der Waals surface area contributed by atoms with Gasteiger partial charge in [-0.3, -0.25) is 9.59 Å². The standard InChI is InChI=1S/C24H22ClN3O2S/c1-17(27-28-23(29)16-31-15-18-7-11-21(25)12-8-18)19-9-13-22(14-10-19)26-24(30)20-5-3-2-4-6-20/h2-14H,15-16H2,1H3,(H,26,30)(H,28,29). The molecule has 3 aromatic rings. The largest absolute Gasteiger partial charge is 0.322 e. The lowest BCUT2D eigenvalue weighted by Gasteiger charge is -2.07. The molecule has 0 fully saturated rings. The average molecular weight is 452 g/mol. The fourth-order valence-electron chi connectivity index (χ4n) is 2.67. The van der Waals surface area contributed by atoms with E-state index in [4.69, 9.17) is 11.6 Å². The van der Waals surface area contributed by atoms with Gasteiger partial charge in [0.1, 0.15) is 0 Å². The maximum absolute atomic E-state index is 12.2. The molecule has 2 amide bonds. The summed E-state index contributed by atoms with van der Waals surface area (Å²) < 4.78 is 0. The van der Waals surface area contributed by atoms with Gasteiger partial charge in [-0.15, -0.1) is 11.8 Å². The Kier molecular flexibility index (Phi) is 8.27. The van der Waals surface area contributed by atoms with E-state index >= 15 is 0 Å². The molecule has 0 saturated carbocycles. The lowest BCUT2D eigenvalue weighted by Crippen LogP contribution is -2.21. The summed E-state index contributed by atoms with van der Waals surface area (Å²) in [7, 11) is 0. The molecule has 2 N–H and O–H groups in total. The van der Waals surface area contributed by atoms with Crippen LogP contribution >= 0.6 is 23.4 Å². The van der Waals surface area contributed by atoms with Gasteiger partial charge in [-0.1, -0.05) is 54.1 Å². The van der Waals surface area contributed by atoms with Crippen LogP contribution in [-0.2, 0) is 10.5 Å². The van der Waals surface area contributed by atoms with E-state index in [0.29, 0.717) is 27.7 Å². The predicted octanol–water partition coefficient (Wildman–Crippen LogP) is 5.37. The van der Waals surface area contributed by atoms with Crippen LogP contribution in [0.1, 0.15) is 28.4 Å². The third-order valence-electron chi connectivity index (χ3n) is 4.36. The number of nitrogens with one attached hydrogen (secondary N) is 2. The van der Waals surface area contributed by atoms with Crippen LogP contribution in [0.3, 0.4) is 0 Å². The van der Waals surface area contributed by atoms with E-state index < -0.39 is 0 Å². The molecule has 5 nitrogen and oxygen atoms in total. The third kappa shape index (κ3) is 7.27. The maximum Gasteiger partial charge on any atom is 0.255 e. The topological polar surface area (TPSA) is 70.6 Å². The second kappa shape index (κ2) is 11.3. The van der Waals surface area contributed by atoms with E-state index in [9.17, 15) is 9.59 Å². The Morgan fingerprint density at radius 2 is 1.58 bits per heavy atom. The van der Waals surface area contributed by atoms with Crippen molar-refractivity contribution in [3.8, 4) is 0 Å². The van der Waals surface area contributed by atoms with Crippen molar-refractivity contribution in [3.05, 3.63) is 101 Å². The molecule has 0 unspecified atom stereocenters. The molecule has 3 rings (SSSR count). The SMILES string of the molecule is CC(=NNC(=O)CSCc1ccc(Cl)cc1)c1ccc(NC(=O)c2ccccc2)cc1. The first-order valence-electron chi connectivity index (χ1n) is 9.63. The number of benzene rings is 3. The van der Waals surface area contributed by atoms with Crippen molar-refractivity contribution < 1.29 is 9.59 Å². The Hall–Kier alpha value is -3.09. The maximum atomic E-state index is 12.2. The normalized spacial score (nSPS) is 11.1. The second-order valence-corrected chi connectivity index (χ2v) is 8.17.